The van der Waals surface area contributed by atoms with E-state index in [1.807, 2.05) is 16.5 Å². The monoisotopic (exact) mass is 238 g/mol. The summed E-state index contributed by atoms with van der Waals surface area (Å²) in [5.41, 5.74) is 0. The van der Waals surface area contributed by atoms with E-state index in [1.165, 1.54) is 12.8 Å². The highest BCUT2D eigenvalue weighted by molar-refractivity contribution is 5.69. The van der Waals surface area contributed by atoms with Crippen LogP contribution in [0.1, 0.15) is 31.5 Å². The summed E-state index contributed by atoms with van der Waals surface area (Å²) in [5.74, 6) is 0.0391. The second-order valence-corrected chi connectivity index (χ2v) is 4.60. The number of carboxylic acid groups (broad SMARTS) is 1. The van der Waals surface area contributed by atoms with E-state index < -0.39 is 5.97 Å². The molecule has 1 aromatic rings. The average molecular weight is 238 g/mol. The molecule has 1 heterocycles. The van der Waals surface area contributed by atoms with Crippen LogP contribution in [0.25, 0.3) is 0 Å². The number of hydrogen-bond acceptors (Lipinski definition) is 4. The topological polar surface area (TPSA) is 71.2 Å². The van der Waals surface area contributed by atoms with Gasteiger partial charge in [0.25, 0.3) is 0 Å². The van der Waals surface area contributed by atoms with Crippen LogP contribution in [0.2, 0.25) is 0 Å². The Morgan fingerprint density at radius 3 is 2.82 bits per heavy atom. The van der Waals surface area contributed by atoms with Crippen molar-refractivity contribution in [2.24, 2.45) is 7.05 Å². The van der Waals surface area contributed by atoms with Crippen LogP contribution in [-0.4, -0.2) is 43.3 Å². The van der Waals surface area contributed by atoms with Gasteiger partial charge >= 0.3 is 5.97 Å². The second-order valence-electron chi connectivity index (χ2n) is 4.60. The maximum absolute atomic E-state index is 10.9. The molecule has 6 heteroatoms. The van der Waals surface area contributed by atoms with E-state index in [4.69, 9.17) is 5.11 Å². The van der Waals surface area contributed by atoms with Crippen molar-refractivity contribution in [2.45, 2.75) is 38.3 Å². The minimum Gasteiger partial charge on any atom is -0.480 e. The average Bonchev–Trinajstić information content (AvgIpc) is 2.89. The molecule has 0 aliphatic heterocycles. The van der Waals surface area contributed by atoms with Gasteiger partial charge in [-0.25, -0.2) is 0 Å². The summed E-state index contributed by atoms with van der Waals surface area (Å²) < 4.78 is 1.84. The van der Waals surface area contributed by atoms with Gasteiger partial charge < -0.3 is 9.67 Å². The predicted molar refractivity (Wildman–Crippen MR) is 61.3 cm³/mol. The Labute approximate surface area is 100 Å². The highest BCUT2D eigenvalue weighted by atomic mass is 16.4. The van der Waals surface area contributed by atoms with Crippen LogP contribution in [-0.2, 0) is 18.4 Å². The third-order valence-electron chi connectivity index (χ3n) is 3.33. The van der Waals surface area contributed by atoms with E-state index in [9.17, 15) is 4.79 Å². The molecular formula is C11H18N4O2. The molecule has 1 aliphatic rings. The lowest BCUT2D eigenvalue weighted by Gasteiger charge is -2.26. The van der Waals surface area contributed by atoms with Gasteiger partial charge in [0.1, 0.15) is 12.2 Å². The van der Waals surface area contributed by atoms with Crippen molar-refractivity contribution < 1.29 is 9.90 Å². The normalized spacial score (nSPS) is 16.8. The first-order chi connectivity index (χ1) is 8.16. The summed E-state index contributed by atoms with van der Waals surface area (Å²) in [6, 6.07) is 0.378. The van der Waals surface area contributed by atoms with Crippen LogP contribution < -0.4 is 0 Å². The molecule has 0 aromatic carbocycles. The van der Waals surface area contributed by atoms with E-state index in [0.29, 0.717) is 12.6 Å². The lowest BCUT2D eigenvalue weighted by molar-refractivity contribution is -0.139. The highest BCUT2D eigenvalue weighted by Gasteiger charge is 2.25. The van der Waals surface area contributed by atoms with E-state index in [0.717, 1.165) is 18.7 Å². The van der Waals surface area contributed by atoms with Gasteiger partial charge in [-0.15, -0.1) is 10.2 Å². The van der Waals surface area contributed by atoms with E-state index >= 15 is 0 Å². The maximum Gasteiger partial charge on any atom is 0.317 e. The van der Waals surface area contributed by atoms with Gasteiger partial charge in [0.2, 0.25) is 0 Å². The molecular weight excluding hydrogens is 220 g/mol. The van der Waals surface area contributed by atoms with E-state index in [-0.39, 0.29) is 6.54 Å². The van der Waals surface area contributed by atoms with Crippen molar-refractivity contribution in [3.05, 3.63) is 12.2 Å². The molecule has 0 saturated heterocycles. The van der Waals surface area contributed by atoms with Crippen LogP contribution >= 0.6 is 0 Å². The molecule has 6 nitrogen and oxygen atoms in total. The Morgan fingerprint density at radius 1 is 1.59 bits per heavy atom. The molecule has 94 valence electrons. The molecule has 1 aromatic heterocycles. The largest absolute Gasteiger partial charge is 0.480 e. The van der Waals surface area contributed by atoms with Gasteiger partial charge in [-0.05, 0) is 12.8 Å². The molecule has 1 saturated carbocycles. The summed E-state index contributed by atoms with van der Waals surface area (Å²) in [7, 11) is 1.88. The SMILES string of the molecule is Cn1cnnc1CN(CC(=O)O)C1CCCC1. The molecule has 17 heavy (non-hydrogen) atoms. The van der Waals surface area contributed by atoms with Crippen molar-refractivity contribution in [3.8, 4) is 0 Å². The quantitative estimate of drug-likeness (QED) is 0.815. The molecule has 1 N–H and O–H groups in total. The first-order valence-corrected chi connectivity index (χ1v) is 5.95. The summed E-state index contributed by atoms with van der Waals surface area (Å²) in [6.45, 7) is 0.644. The van der Waals surface area contributed by atoms with Crippen molar-refractivity contribution in [1.29, 1.82) is 0 Å². The fourth-order valence-electron chi connectivity index (χ4n) is 2.39. The molecule has 0 unspecified atom stereocenters. The molecule has 0 amide bonds. The Morgan fingerprint density at radius 2 is 2.29 bits per heavy atom. The third-order valence-corrected chi connectivity index (χ3v) is 3.33. The Bertz CT molecular complexity index is 385. The third kappa shape index (κ3) is 3.03. The number of carbonyl (C=O) groups is 1. The summed E-state index contributed by atoms with van der Waals surface area (Å²) >= 11 is 0. The first kappa shape index (κ1) is 12.0. The van der Waals surface area contributed by atoms with Crippen LogP contribution in [0.4, 0.5) is 0 Å². The Kier molecular flexibility index (Phi) is 3.73. The van der Waals surface area contributed by atoms with Crippen molar-refractivity contribution in [3.63, 3.8) is 0 Å². The lowest BCUT2D eigenvalue weighted by atomic mass is 10.2. The number of aryl methyl sites for hydroxylation is 1. The van der Waals surface area contributed by atoms with Crippen LogP contribution in [0.15, 0.2) is 6.33 Å². The van der Waals surface area contributed by atoms with Gasteiger partial charge in [-0.3, -0.25) is 9.69 Å². The number of carboxylic acids is 1. The summed E-state index contributed by atoms with van der Waals surface area (Å²) in [6.07, 6.45) is 6.21. The van der Waals surface area contributed by atoms with Gasteiger partial charge in [0.05, 0.1) is 13.1 Å². The molecule has 2 rings (SSSR count). The number of rotatable bonds is 5. The molecule has 1 aliphatic carbocycles. The Balaban J connectivity index is 2.04. The zero-order valence-corrected chi connectivity index (χ0v) is 10.0. The molecule has 0 radical (unpaired) electrons. The van der Waals surface area contributed by atoms with E-state index in [1.54, 1.807) is 6.33 Å². The van der Waals surface area contributed by atoms with Gasteiger partial charge in [-0.1, -0.05) is 12.8 Å². The fourth-order valence-corrected chi connectivity index (χ4v) is 2.39. The number of hydrogen-bond donors (Lipinski definition) is 1. The van der Waals surface area contributed by atoms with Crippen molar-refractivity contribution >= 4 is 5.97 Å². The van der Waals surface area contributed by atoms with Crippen molar-refractivity contribution in [1.82, 2.24) is 19.7 Å². The highest BCUT2D eigenvalue weighted by Crippen LogP contribution is 2.24. The maximum atomic E-state index is 10.9. The van der Waals surface area contributed by atoms with Crippen molar-refractivity contribution in [2.75, 3.05) is 6.54 Å². The first-order valence-electron chi connectivity index (χ1n) is 5.95. The summed E-state index contributed by atoms with van der Waals surface area (Å²) in [5, 5.41) is 16.8. The number of nitrogens with zero attached hydrogens (tertiary/aromatic N) is 4. The van der Waals surface area contributed by atoms with Crippen LogP contribution in [0.3, 0.4) is 0 Å². The lowest BCUT2D eigenvalue weighted by Crippen LogP contribution is -2.37. The standard InChI is InChI=1S/C11H18N4O2/c1-14-8-12-13-10(14)6-15(7-11(16)17)9-4-2-3-5-9/h8-9H,2-7H2,1H3,(H,16,17). The number of aromatic nitrogens is 3. The minimum absolute atomic E-state index is 0.0809. The zero-order chi connectivity index (χ0) is 12.3. The van der Waals surface area contributed by atoms with Crippen LogP contribution in [0, 0.1) is 0 Å². The smallest absolute Gasteiger partial charge is 0.317 e. The number of aliphatic carboxylic acids is 1. The summed E-state index contributed by atoms with van der Waals surface area (Å²) in [4.78, 5) is 12.9. The predicted octanol–water partition coefficient (Wildman–Crippen LogP) is 0.644. The van der Waals surface area contributed by atoms with E-state index in [2.05, 4.69) is 10.2 Å². The molecule has 0 bridgehead atoms. The second kappa shape index (κ2) is 5.27. The van der Waals surface area contributed by atoms with Gasteiger partial charge in [-0.2, -0.15) is 0 Å². The molecule has 1 fully saturated rings. The van der Waals surface area contributed by atoms with Gasteiger partial charge in [0, 0.05) is 13.1 Å². The Hall–Kier alpha value is -1.43. The zero-order valence-electron chi connectivity index (χ0n) is 10.0. The van der Waals surface area contributed by atoms with Gasteiger partial charge in [0.15, 0.2) is 0 Å². The molecule has 0 atom stereocenters. The molecule has 0 spiro atoms. The fraction of sp³-hybridized carbons (Fsp3) is 0.727. The van der Waals surface area contributed by atoms with Crippen LogP contribution in [0.5, 0.6) is 0 Å². The minimum atomic E-state index is -0.779.